The molecule has 0 aromatic heterocycles. The molecule has 2 aromatic carbocycles. The lowest BCUT2D eigenvalue weighted by atomic mass is 10.1. The molecular formula is C14H15NO4S. The van der Waals surface area contributed by atoms with Crippen molar-refractivity contribution in [3.05, 3.63) is 42.5 Å². The zero-order chi connectivity index (χ0) is 14.8. The topological polar surface area (TPSA) is 74.7 Å². The predicted octanol–water partition coefficient (Wildman–Crippen LogP) is 2.08. The van der Waals surface area contributed by atoms with Gasteiger partial charge in [-0.15, -0.1) is 0 Å². The third kappa shape index (κ3) is 3.08. The molecule has 0 fully saturated rings. The van der Waals surface area contributed by atoms with Crippen LogP contribution in [0, 0.1) is 0 Å². The second kappa shape index (κ2) is 5.50. The first kappa shape index (κ1) is 14.3. The van der Waals surface area contributed by atoms with Crippen LogP contribution in [0.3, 0.4) is 0 Å². The van der Waals surface area contributed by atoms with Crippen molar-refractivity contribution in [2.75, 3.05) is 17.1 Å². The van der Waals surface area contributed by atoms with Crippen molar-refractivity contribution < 1.29 is 18.3 Å². The summed E-state index contributed by atoms with van der Waals surface area (Å²) in [5.74, 6) is -1.03. The number of anilines is 1. The van der Waals surface area contributed by atoms with E-state index in [2.05, 4.69) is 0 Å². The normalized spacial score (nSPS) is 11.4. The maximum Gasteiger partial charge on any atom is 0.305 e. The van der Waals surface area contributed by atoms with Gasteiger partial charge < -0.3 is 5.11 Å². The fourth-order valence-electron chi connectivity index (χ4n) is 2.09. The largest absolute Gasteiger partial charge is 0.481 e. The Labute approximate surface area is 117 Å². The van der Waals surface area contributed by atoms with E-state index in [4.69, 9.17) is 5.11 Å². The van der Waals surface area contributed by atoms with Gasteiger partial charge in [0.2, 0.25) is 10.0 Å². The number of hydrogen-bond donors (Lipinski definition) is 1. The second-order valence-electron chi connectivity index (χ2n) is 4.48. The molecule has 0 amide bonds. The van der Waals surface area contributed by atoms with Gasteiger partial charge in [0.15, 0.2) is 0 Å². The van der Waals surface area contributed by atoms with Crippen molar-refractivity contribution in [3.8, 4) is 0 Å². The van der Waals surface area contributed by atoms with Crippen LogP contribution in [0.2, 0.25) is 0 Å². The van der Waals surface area contributed by atoms with Crippen LogP contribution in [0.1, 0.15) is 6.42 Å². The van der Waals surface area contributed by atoms with E-state index < -0.39 is 16.0 Å². The lowest BCUT2D eigenvalue weighted by Crippen LogP contribution is -2.32. The smallest absolute Gasteiger partial charge is 0.305 e. The van der Waals surface area contributed by atoms with Gasteiger partial charge in [-0.25, -0.2) is 8.42 Å². The Morgan fingerprint density at radius 2 is 1.80 bits per heavy atom. The Hall–Kier alpha value is -2.08. The molecule has 1 N–H and O–H groups in total. The van der Waals surface area contributed by atoms with Crippen molar-refractivity contribution in [3.63, 3.8) is 0 Å². The highest BCUT2D eigenvalue weighted by atomic mass is 32.2. The molecule has 2 rings (SSSR count). The van der Waals surface area contributed by atoms with Gasteiger partial charge >= 0.3 is 5.97 Å². The first-order chi connectivity index (χ1) is 9.39. The van der Waals surface area contributed by atoms with Crippen molar-refractivity contribution >= 4 is 32.5 Å². The maximum absolute atomic E-state index is 11.9. The number of sulfonamides is 1. The highest BCUT2D eigenvalue weighted by molar-refractivity contribution is 7.92. The summed E-state index contributed by atoms with van der Waals surface area (Å²) in [7, 11) is -3.54. The quantitative estimate of drug-likeness (QED) is 0.916. The van der Waals surface area contributed by atoms with Gasteiger partial charge in [-0.2, -0.15) is 0 Å². The Balaban J connectivity index is 2.54. The van der Waals surface area contributed by atoms with E-state index in [1.54, 1.807) is 12.1 Å². The molecule has 0 spiro atoms. The Bertz CT molecular complexity index is 734. The molecule has 2 aromatic rings. The average Bonchev–Trinajstić information content (AvgIpc) is 2.37. The lowest BCUT2D eigenvalue weighted by Gasteiger charge is -2.23. The third-order valence-electron chi connectivity index (χ3n) is 2.96. The molecule has 0 aliphatic heterocycles. The Kier molecular flexibility index (Phi) is 3.94. The van der Waals surface area contributed by atoms with Crippen LogP contribution in [0.15, 0.2) is 42.5 Å². The highest BCUT2D eigenvalue weighted by Gasteiger charge is 2.20. The average molecular weight is 293 g/mol. The van der Waals surface area contributed by atoms with Crippen LogP contribution in [-0.4, -0.2) is 32.3 Å². The summed E-state index contributed by atoms with van der Waals surface area (Å²) in [6.45, 7) is -0.0812. The molecule has 0 radical (unpaired) electrons. The molecule has 0 atom stereocenters. The van der Waals surface area contributed by atoms with Crippen LogP contribution < -0.4 is 4.31 Å². The van der Waals surface area contributed by atoms with Crippen molar-refractivity contribution in [2.45, 2.75) is 6.42 Å². The summed E-state index contributed by atoms with van der Waals surface area (Å²) in [4.78, 5) is 10.7. The molecule has 0 bridgehead atoms. The summed E-state index contributed by atoms with van der Waals surface area (Å²) in [6, 6.07) is 12.7. The van der Waals surface area contributed by atoms with Crippen LogP contribution in [-0.2, 0) is 14.8 Å². The fourth-order valence-corrected chi connectivity index (χ4v) is 3.03. The van der Waals surface area contributed by atoms with Crippen LogP contribution in [0.4, 0.5) is 5.69 Å². The summed E-state index contributed by atoms with van der Waals surface area (Å²) in [6.07, 6.45) is 0.840. The molecule has 0 saturated heterocycles. The Morgan fingerprint density at radius 3 is 2.45 bits per heavy atom. The molecule has 0 heterocycles. The van der Waals surface area contributed by atoms with Gasteiger partial charge in [0, 0.05) is 11.9 Å². The third-order valence-corrected chi connectivity index (χ3v) is 4.14. The first-order valence-electron chi connectivity index (χ1n) is 6.07. The predicted molar refractivity (Wildman–Crippen MR) is 78.4 cm³/mol. The van der Waals surface area contributed by atoms with E-state index in [-0.39, 0.29) is 13.0 Å². The van der Waals surface area contributed by atoms with Crippen molar-refractivity contribution in [1.29, 1.82) is 0 Å². The van der Waals surface area contributed by atoms with E-state index in [1.165, 1.54) is 0 Å². The van der Waals surface area contributed by atoms with E-state index in [0.29, 0.717) is 5.69 Å². The molecule has 6 heteroatoms. The van der Waals surface area contributed by atoms with Gasteiger partial charge in [0.1, 0.15) is 0 Å². The van der Waals surface area contributed by atoms with Gasteiger partial charge in [-0.3, -0.25) is 9.10 Å². The molecule has 0 aliphatic rings. The minimum Gasteiger partial charge on any atom is -0.481 e. The summed E-state index contributed by atoms with van der Waals surface area (Å²) < 4.78 is 25.0. The highest BCUT2D eigenvalue weighted by Crippen LogP contribution is 2.28. The number of aliphatic carboxylic acids is 1. The number of fused-ring (bicyclic) bond motifs is 1. The minimum atomic E-state index is -3.54. The SMILES string of the molecule is CS(=O)(=O)N(CCC(=O)O)c1cccc2ccccc12. The van der Waals surface area contributed by atoms with Gasteiger partial charge in [-0.1, -0.05) is 36.4 Å². The monoisotopic (exact) mass is 293 g/mol. The number of carbonyl (C=O) groups is 1. The molecule has 0 unspecified atom stereocenters. The first-order valence-corrected chi connectivity index (χ1v) is 7.91. The van der Waals surface area contributed by atoms with Crippen LogP contribution in [0.25, 0.3) is 10.8 Å². The van der Waals surface area contributed by atoms with E-state index >= 15 is 0 Å². The van der Waals surface area contributed by atoms with E-state index in [0.717, 1.165) is 21.3 Å². The molecule has 20 heavy (non-hydrogen) atoms. The number of carboxylic acids is 1. The van der Waals surface area contributed by atoms with Gasteiger partial charge in [-0.05, 0) is 11.5 Å². The number of rotatable bonds is 5. The zero-order valence-corrected chi connectivity index (χ0v) is 11.8. The molecular weight excluding hydrogens is 278 g/mol. The number of carboxylic acid groups (broad SMARTS) is 1. The maximum atomic E-state index is 11.9. The van der Waals surface area contributed by atoms with E-state index in [1.807, 2.05) is 30.3 Å². The lowest BCUT2D eigenvalue weighted by molar-refractivity contribution is -0.136. The van der Waals surface area contributed by atoms with E-state index in [9.17, 15) is 13.2 Å². The number of nitrogens with zero attached hydrogens (tertiary/aromatic N) is 1. The molecule has 0 saturated carbocycles. The zero-order valence-electron chi connectivity index (χ0n) is 11.0. The van der Waals surface area contributed by atoms with Crippen molar-refractivity contribution in [2.24, 2.45) is 0 Å². The standard InChI is InChI=1S/C14H15NO4S/c1-20(18,19)15(10-9-14(16)17)13-8-4-6-11-5-2-3-7-12(11)13/h2-8H,9-10H2,1H3,(H,16,17). The Morgan fingerprint density at radius 1 is 1.15 bits per heavy atom. The number of benzene rings is 2. The fraction of sp³-hybridized carbons (Fsp3) is 0.214. The molecule has 0 aliphatic carbocycles. The van der Waals surface area contributed by atoms with Gasteiger partial charge in [0.25, 0.3) is 0 Å². The summed E-state index contributed by atoms with van der Waals surface area (Å²) in [5.41, 5.74) is 0.506. The summed E-state index contributed by atoms with van der Waals surface area (Å²) >= 11 is 0. The molecule has 5 nitrogen and oxygen atoms in total. The van der Waals surface area contributed by atoms with Gasteiger partial charge in [0.05, 0.1) is 18.4 Å². The summed E-state index contributed by atoms with van der Waals surface area (Å²) in [5, 5.41) is 10.5. The number of hydrogen-bond acceptors (Lipinski definition) is 3. The minimum absolute atomic E-state index is 0.0812. The van der Waals surface area contributed by atoms with Crippen LogP contribution >= 0.6 is 0 Å². The van der Waals surface area contributed by atoms with Crippen LogP contribution in [0.5, 0.6) is 0 Å². The van der Waals surface area contributed by atoms with Crippen molar-refractivity contribution in [1.82, 2.24) is 0 Å². The molecule has 106 valence electrons. The second-order valence-corrected chi connectivity index (χ2v) is 6.38.